The molecule has 2 bridgehead atoms. The number of aromatic amines is 1. The maximum Gasteiger partial charge on any atom is 0.291 e. The molecule has 0 radical (unpaired) electrons. The molecule has 9 heteroatoms. The van der Waals surface area contributed by atoms with Crippen LogP contribution in [0.3, 0.4) is 0 Å². The molecule has 0 spiro atoms. The summed E-state index contributed by atoms with van der Waals surface area (Å²) < 4.78 is 19.0. The highest BCUT2D eigenvalue weighted by atomic mass is 16.6. The van der Waals surface area contributed by atoms with E-state index < -0.39 is 22.7 Å². The topological polar surface area (TPSA) is 129 Å². The Bertz CT molecular complexity index is 1360. The van der Waals surface area contributed by atoms with Gasteiger partial charge in [-0.05, 0) is 75.6 Å². The normalized spacial score (nSPS) is 32.3. The number of aliphatic hydroxyl groups is 1. The molecule has 1 aromatic heterocycles. The number of hydrogen-bond acceptors (Lipinski definition) is 7. The SMILES string of the molecule is CCO[C@@H]1[C@H](OCC)[C@@]2(C)CC(O)(c3ccc(NC(=O)c4ncc(C#N)[nH]4)c(C4=CCC(C)(C)CC4)c3)C[C@]1(C)O2. The predicted molar refractivity (Wildman–Crippen MR) is 155 cm³/mol. The van der Waals surface area contributed by atoms with E-state index in [1.165, 1.54) is 6.20 Å². The fourth-order valence-corrected chi connectivity index (χ4v) is 7.08. The summed E-state index contributed by atoms with van der Waals surface area (Å²) in [5.74, 6) is -0.362. The lowest BCUT2D eigenvalue weighted by molar-refractivity contribution is -0.219. The molecule has 9 nitrogen and oxygen atoms in total. The average Bonchev–Trinajstić information content (AvgIpc) is 3.45. The van der Waals surface area contributed by atoms with Crippen molar-refractivity contribution in [2.24, 2.45) is 5.41 Å². The van der Waals surface area contributed by atoms with Crippen molar-refractivity contribution in [3.63, 3.8) is 0 Å². The molecule has 3 heterocycles. The summed E-state index contributed by atoms with van der Waals surface area (Å²) in [6, 6.07) is 7.73. The monoisotopic (exact) mass is 562 g/mol. The third kappa shape index (κ3) is 5.46. The average molecular weight is 563 g/mol. The molecule has 1 aliphatic carbocycles. The van der Waals surface area contributed by atoms with Crippen molar-refractivity contribution in [3.8, 4) is 6.07 Å². The molecular formula is C32H42N4O5. The number of hydrogen-bond donors (Lipinski definition) is 3. The number of amides is 1. The number of ether oxygens (including phenoxy) is 3. The number of rotatable bonds is 8. The van der Waals surface area contributed by atoms with Crippen LogP contribution in [-0.2, 0) is 19.8 Å². The van der Waals surface area contributed by atoms with E-state index in [1.807, 2.05) is 52.0 Å². The highest BCUT2D eigenvalue weighted by Gasteiger charge is 2.67. The molecule has 1 aromatic carbocycles. The summed E-state index contributed by atoms with van der Waals surface area (Å²) in [5.41, 5.74) is 1.17. The number of carbonyl (C=O) groups excluding carboxylic acids is 1. The number of benzene rings is 1. The van der Waals surface area contributed by atoms with E-state index in [0.29, 0.717) is 31.7 Å². The molecule has 2 saturated heterocycles. The van der Waals surface area contributed by atoms with Crippen molar-refractivity contribution in [2.75, 3.05) is 18.5 Å². The second kappa shape index (κ2) is 10.7. The first-order valence-corrected chi connectivity index (χ1v) is 14.6. The van der Waals surface area contributed by atoms with Crippen molar-refractivity contribution < 1.29 is 24.1 Å². The molecule has 2 aliphatic heterocycles. The zero-order valence-electron chi connectivity index (χ0n) is 25.0. The van der Waals surface area contributed by atoms with Gasteiger partial charge in [0.2, 0.25) is 0 Å². The highest BCUT2D eigenvalue weighted by Crippen LogP contribution is 2.57. The number of nitrogens with zero attached hydrogens (tertiary/aromatic N) is 2. The first-order chi connectivity index (χ1) is 19.4. The molecule has 5 rings (SSSR count). The smallest absolute Gasteiger partial charge is 0.291 e. The zero-order valence-corrected chi connectivity index (χ0v) is 25.0. The van der Waals surface area contributed by atoms with Gasteiger partial charge in [-0.15, -0.1) is 0 Å². The van der Waals surface area contributed by atoms with Crippen molar-refractivity contribution in [1.82, 2.24) is 9.97 Å². The number of fused-ring (bicyclic) bond motifs is 2. The van der Waals surface area contributed by atoms with Gasteiger partial charge in [-0.25, -0.2) is 4.98 Å². The standard InChI is InChI=1S/C32H42N4O5/c1-7-39-25-26(40-8-2)31(6)19-32(38,18-30(25,5)41-31)21-9-10-24(36-28(37)27-34-17-22(16-33)35-27)23(15-21)20-11-13-29(3,4)14-12-20/h9-11,15,17,25-26,38H,7-8,12-14,18-19H2,1-6H3,(H,34,35)(H,36,37)/t25-,26+,30+,31-,32?. The minimum absolute atomic E-state index is 0.0692. The Hall–Kier alpha value is -3.03. The summed E-state index contributed by atoms with van der Waals surface area (Å²) in [6.07, 6.45) is 6.47. The van der Waals surface area contributed by atoms with Crippen LogP contribution in [0, 0.1) is 16.7 Å². The lowest BCUT2D eigenvalue weighted by atomic mass is 9.74. The van der Waals surface area contributed by atoms with Gasteiger partial charge in [0.05, 0.1) is 23.0 Å². The molecule has 0 saturated carbocycles. The summed E-state index contributed by atoms with van der Waals surface area (Å²) in [5, 5.41) is 24.5. The number of anilines is 1. The second-order valence-electron chi connectivity index (χ2n) is 12.9. The van der Waals surface area contributed by atoms with Gasteiger partial charge in [0.1, 0.15) is 24.0 Å². The number of nitriles is 1. The maximum absolute atomic E-state index is 13.1. The minimum Gasteiger partial charge on any atom is -0.385 e. The largest absolute Gasteiger partial charge is 0.385 e. The molecule has 1 amide bonds. The van der Waals surface area contributed by atoms with Crippen LogP contribution in [0.15, 0.2) is 30.5 Å². The fourth-order valence-electron chi connectivity index (χ4n) is 7.08. The van der Waals surface area contributed by atoms with Gasteiger partial charge in [-0.1, -0.05) is 26.0 Å². The fraction of sp³-hybridized carbons (Fsp3) is 0.594. The first-order valence-electron chi connectivity index (χ1n) is 14.6. The summed E-state index contributed by atoms with van der Waals surface area (Å²) in [6.45, 7) is 13.5. The quantitative estimate of drug-likeness (QED) is 0.389. The van der Waals surface area contributed by atoms with Crippen LogP contribution in [-0.4, -0.2) is 57.6 Å². The van der Waals surface area contributed by atoms with E-state index in [1.54, 1.807) is 0 Å². The van der Waals surface area contributed by atoms with Crippen LogP contribution >= 0.6 is 0 Å². The number of allylic oxidation sites excluding steroid dienone is 2. The number of nitrogens with one attached hydrogen (secondary N) is 2. The maximum atomic E-state index is 13.1. The Morgan fingerprint density at radius 1 is 1.17 bits per heavy atom. The van der Waals surface area contributed by atoms with E-state index in [4.69, 9.17) is 19.5 Å². The summed E-state index contributed by atoms with van der Waals surface area (Å²) in [4.78, 5) is 19.9. The van der Waals surface area contributed by atoms with E-state index in [-0.39, 0.29) is 29.1 Å². The van der Waals surface area contributed by atoms with E-state index in [0.717, 1.165) is 36.0 Å². The van der Waals surface area contributed by atoms with Crippen molar-refractivity contribution in [1.29, 1.82) is 5.26 Å². The highest BCUT2D eigenvalue weighted by molar-refractivity contribution is 6.03. The zero-order chi connectivity index (χ0) is 29.6. The van der Waals surface area contributed by atoms with Crippen LogP contribution in [0.5, 0.6) is 0 Å². The molecule has 2 fully saturated rings. The third-order valence-electron chi connectivity index (χ3n) is 8.96. The van der Waals surface area contributed by atoms with Gasteiger partial charge in [0.25, 0.3) is 5.91 Å². The van der Waals surface area contributed by atoms with Gasteiger partial charge in [0, 0.05) is 37.3 Å². The summed E-state index contributed by atoms with van der Waals surface area (Å²) in [7, 11) is 0. The van der Waals surface area contributed by atoms with Crippen molar-refractivity contribution in [3.05, 3.63) is 53.1 Å². The number of H-pyrrole nitrogens is 1. The molecule has 3 aliphatic rings. The summed E-state index contributed by atoms with van der Waals surface area (Å²) >= 11 is 0. The van der Waals surface area contributed by atoms with Gasteiger partial charge < -0.3 is 29.6 Å². The van der Waals surface area contributed by atoms with Gasteiger partial charge >= 0.3 is 0 Å². The first kappa shape index (κ1) is 29.5. The van der Waals surface area contributed by atoms with Crippen LogP contribution in [0.2, 0.25) is 0 Å². The number of carbonyl (C=O) groups is 1. The molecule has 220 valence electrons. The number of aromatic nitrogens is 2. The lowest BCUT2D eigenvalue weighted by Crippen LogP contribution is -2.51. The molecule has 5 atom stereocenters. The molecule has 41 heavy (non-hydrogen) atoms. The van der Waals surface area contributed by atoms with Gasteiger partial charge in [0.15, 0.2) is 5.82 Å². The van der Waals surface area contributed by atoms with E-state index in [9.17, 15) is 9.90 Å². The Balaban J connectivity index is 1.54. The second-order valence-corrected chi connectivity index (χ2v) is 12.9. The van der Waals surface area contributed by atoms with Gasteiger partial charge in [-0.2, -0.15) is 5.26 Å². The Kier molecular flexibility index (Phi) is 7.66. The Labute approximate surface area is 242 Å². The predicted octanol–water partition coefficient (Wildman–Crippen LogP) is 5.47. The Morgan fingerprint density at radius 3 is 2.37 bits per heavy atom. The van der Waals surface area contributed by atoms with Crippen LogP contribution < -0.4 is 5.32 Å². The van der Waals surface area contributed by atoms with Crippen LogP contribution in [0.1, 0.15) is 101 Å². The lowest BCUT2D eigenvalue weighted by Gasteiger charge is -2.46. The molecule has 3 N–H and O–H groups in total. The minimum atomic E-state index is -1.20. The molecular weight excluding hydrogens is 520 g/mol. The third-order valence-corrected chi connectivity index (χ3v) is 8.96. The van der Waals surface area contributed by atoms with Crippen LogP contribution in [0.4, 0.5) is 5.69 Å². The number of imidazole rings is 1. The van der Waals surface area contributed by atoms with E-state index in [2.05, 4.69) is 35.2 Å². The van der Waals surface area contributed by atoms with Gasteiger partial charge in [-0.3, -0.25) is 4.79 Å². The Morgan fingerprint density at radius 2 is 1.83 bits per heavy atom. The van der Waals surface area contributed by atoms with Crippen molar-refractivity contribution >= 4 is 17.2 Å². The molecule has 1 unspecified atom stereocenters. The van der Waals surface area contributed by atoms with E-state index >= 15 is 0 Å². The van der Waals surface area contributed by atoms with Crippen LogP contribution in [0.25, 0.3) is 5.57 Å². The molecule has 2 aromatic rings. The van der Waals surface area contributed by atoms with Crippen molar-refractivity contribution in [2.45, 2.75) is 103 Å².